The van der Waals surface area contributed by atoms with Crippen LogP contribution in [0.1, 0.15) is 29.0 Å². The van der Waals surface area contributed by atoms with Gasteiger partial charge in [0.2, 0.25) is 17.7 Å². The predicted octanol–water partition coefficient (Wildman–Crippen LogP) is 3.16. The molecule has 1 N–H and O–H groups in total. The lowest BCUT2D eigenvalue weighted by atomic mass is 10.1. The molecular weight excluding hydrogens is 321 g/mol. The standard InChI is InChI=1S/C19H18FN3O2/c1-13-22-23-19(25-13)17(11-14-5-3-2-4-6-14)21-18(24)12-15-7-9-16(20)10-8-15/h2-10,17H,11-12H2,1H3,(H,21,24). The average Bonchev–Trinajstić information content (AvgIpc) is 3.04. The highest BCUT2D eigenvalue weighted by Crippen LogP contribution is 2.18. The van der Waals surface area contributed by atoms with Crippen LogP contribution >= 0.6 is 0 Å². The molecule has 0 radical (unpaired) electrons. The molecule has 1 heterocycles. The van der Waals surface area contributed by atoms with Gasteiger partial charge in [-0.25, -0.2) is 4.39 Å². The molecule has 0 saturated carbocycles. The molecule has 0 aliphatic carbocycles. The smallest absolute Gasteiger partial charge is 0.239 e. The van der Waals surface area contributed by atoms with Gasteiger partial charge in [0.1, 0.15) is 11.9 Å². The van der Waals surface area contributed by atoms with Crippen LogP contribution in [0.15, 0.2) is 59.0 Å². The number of carbonyl (C=O) groups is 1. The lowest BCUT2D eigenvalue weighted by Crippen LogP contribution is -2.31. The highest BCUT2D eigenvalue weighted by Gasteiger charge is 2.21. The Morgan fingerprint density at radius 3 is 2.44 bits per heavy atom. The average molecular weight is 339 g/mol. The topological polar surface area (TPSA) is 68.0 Å². The van der Waals surface area contributed by atoms with Crippen molar-refractivity contribution in [1.29, 1.82) is 0 Å². The van der Waals surface area contributed by atoms with Crippen molar-refractivity contribution in [3.63, 3.8) is 0 Å². The molecule has 1 amide bonds. The molecule has 0 saturated heterocycles. The summed E-state index contributed by atoms with van der Waals surface area (Å²) in [5, 5.41) is 10.8. The van der Waals surface area contributed by atoms with Crippen LogP contribution in [-0.4, -0.2) is 16.1 Å². The predicted molar refractivity (Wildman–Crippen MR) is 90.2 cm³/mol. The van der Waals surface area contributed by atoms with E-state index in [1.54, 1.807) is 19.1 Å². The number of rotatable bonds is 6. The third-order valence-corrected chi connectivity index (χ3v) is 3.74. The van der Waals surface area contributed by atoms with E-state index in [1.807, 2.05) is 30.3 Å². The molecule has 128 valence electrons. The Kier molecular flexibility index (Phi) is 5.18. The first kappa shape index (κ1) is 16.8. The van der Waals surface area contributed by atoms with E-state index in [0.29, 0.717) is 18.2 Å². The summed E-state index contributed by atoms with van der Waals surface area (Å²) >= 11 is 0. The lowest BCUT2D eigenvalue weighted by Gasteiger charge is -2.15. The summed E-state index contributed by atoms with van der Waals surface area (Å²) in [4.78, 5) is 12.4. The van der Waals surface area contributed by atoms with Crippen molar-refractivity contribution < 1.29 is 13.6 Å². The Morgan fingerprint density at radius 1 is 1.08 bits per heavy atom. The van der Waals surface area contributed by atoms with Crippen LogP contribution in [0.5, 0.6) is 0 Å². The molecule has 0 aliphatic heterocycles. The Morgan fingerprint density at radius 2 is 1.80 bits per heavy atom. The second-order valence-electron chi connectivity index (χ2n) is 5.77. The van der Waals surface area contributed by atoms with Crippen LogP contribution in [0.2, 0.25) is 0 Å². The number of hydrogen-bond donors (Lipinski definition) is 1. The van der Waals surface area contributed by atoms with Gasteiger partial charge in [-0.1, -0.05) is 42.5 Å². The van der Waals surface area contributed by atoms with Crippen molar-refractivity contribution in [3.05, 3.63) is 83.3 Å². The van der Waals surface area contributed by atoms with Crippen molar-refractivity contribution in [2.75, 3.05) is 0 Å². The summed E-state index contributed by atoms with van der Waals surface area (Å²) < 4.78 is 18.5. The summed E-state index contributed by atoms with van der Waals surface area (Å²) in [6.07, 6.45) is 0.691. The molecule has 1 unspecified atom stereocenters. The van der Waals surface area contributed by atoms with E-state index in [1.165, 1.54) is 12.1 Å². The van der Waals surface area contributed by atoms with Crippen LogP contribution in [0.25, 0.3) is 0 Å². The normalized spacial score (nSPS) is 11.9. The minimum Gasteiger partial charge on any atom is -0.423 e. The maximum absolute atomic E-state index is 13.0. The number of amides is 1. The second kappa shape index (κ2) is 7.70. The molecule has 5 nitrogen and oxygen atoms in total. The number of aromatic nitrogens is 2. The fourth-order valence-corrected chi connectivity index (χ4v) is 2.54. The summed E-state index contributed by atoms with van der Waals surface area (Å²) in [6.45, 7) is 1.70. The fraction of sp³-hybridized carbons (Fsp3) is 0.211. The summed E-state index contributed by atoms with van der Waals surface area (Å²) in [5.74, 6) is 0.297. The molecule has 2 aromatic carbocycles. The molecule has 0 fully saturated rings. The van der Waals surface area contributed by atoms with E-state index in [4.69, 9.17) is 4.42 Å². The SMILES string of the molecule is Cc1nnc(C(Cc2ccccc2)NC(=O)Cc2ccc(F)cc2)o1. The van der Waals surface area contributed by atoms with Crippen molar-refractivity contribution in [2.45, 2.75) is 25.8 Å². The molecule has 0 bridgehead atoms. The monoisotopic (exact) mass is 339 g/mol. The van der Waals surface area contributed by atoms with Gasteiger partial charge in [0, 0.05) is 13.3 Å². The van der Waals surface area contributed by atoms with Crippen molar-refractivity contribution in [1.82, 2.24) is 15.5 Å². The highest BCUT2D eigenvalue weighted by molar-refractivity contribution is 5.78. The van der Waals surface area contributed by atoms with E-state index in [-0.39, 0.29) is 18.1 Å². The van der Waals surface area contributed by atoms with Crippen molar-refractivity contribution >= 4 is 5.91 Å². The fourth-order valence-electron chi connectivity index (χ4n) is 2.54. The van der Waals surface area contributed by atoms with Crippen LogP contribution in [0, 0.1) is 12.7 Å². The van der Waals surface area contributed by atoms with E-state index >= 15 is 0 Å². The molecular formula is C19H18FN3O2. The van der Waals surface area contributed by atoms with Crippen molar-refractivity contribution in [3.8, 4) is 0 Å². The molecule has 0 aliphatic rings. The third-order valence-electron chi connectivity index (χ3n) is 3.74. The Balaban J connectivity index is 1.72. The van der Waals surface area contributed by atoms with Gasteiger partial charge in [-0.05, 0) is 23.3 Å². The first-order valence-electron chi connectivity index (χ1n) is 7.98. The number of halogens is 1. The van der Waals surface area contributed by atoms with Gasteiger partial charge in [0.15, 0.2) is 0 Å². The Hall–Kier alpha value is -3.02. The van der Waals surface area contributed by atoms with Gasteiger partial charge in [-0.2, -0.15) is 0 Å². The van der Waals surface area contributed by atoms with Crippen LogP contribution < -0.4 is 5.32 Å². The van der Waals surface area contributed by atoms with E-state index in [0.717, 1.165) is 11.1 Å². The maximum atomic E-state index is 13.0. The number of carbonyl (C=O) groups excluding carboxylic acids is 1. The van der Waals surface area contributed by atoms with Crippen LogP contribution in [0.4, 0.5) is 4.39 Å². The quantitative estimate of drug-likeness (QED) is 0.749. The molecule has 0 spiro atoms. The molecule has 25 heavy (non-hydrogen) atoms. The Bertz CT molecular complexity index is 831. The first-order chi connectivity index (χ1) is 12.1. The first-order valence-corrected chi connectivity index (χ1v) is 7.98. The number of nitrogens with one attached hydrogen (secondary N) is 1. The molecule has 3 rings (SSSR count). The minimum atomic E-state index is -0.420. The van der Waals surface area contributed by atoms with Crippen LogP contribution in [-0.2, 0) is 17.6 Å². The third kappa shape index (κ3) is 4.73. The zero-order valence-electron chi connectivity index (χ0n) is 13.8. The van der Waals surface area contributed by atoms with Gasteiger partial charge >= 0.3 is 0 Å². The van der Waals surface area contributed by atoms with E-state index in [9.17, 15) is 9.18 Å². The molecule has 3 aromatic rings. The number of hydrogen-bond acceptors (Lipinski definition) is 4. The summed E-state index contributed by atoms with van der Waals surface area (Å²) in [5.41, 5.74) is 1.78. The second-order valence-corrected chi connectivity index (χ2v) is 5.77. The molecule has 1 atom stereocenters. The highest BCUT2D eigenvalue weighted by atomic mass is 19.1. The van der Waals surface area contributed by atoms with Gasteiger partial charge in [0.25, 0.3) is 0 Å². The van der Waals surface area contributed by atoms with Gasteiger partial charge in [-0.15, -0.1) is 10.2 Å². The largest absolute Gasteiger partial charge is 0.423 e. The Labute approximate surface area is 144 Å². The summed E-state index contributed by atoms with van der Waals surface area (Å²) in [6, 6.07) is 15.2. The molecule has 1 aromatic heterocycles. The number of nitrogens with zero attached hydrogens (tertiary/aromatic N) is 2. The maximum Gasteiger partial charge on any atom is 0.239 e. The van der Waals surface area contributed by atoms with E-state index in [2.05, 4.69) is 15.5 Å². The van der Waals surface area contributed by atoms with Gasteiger partial charge in [-0.3, -0.25) is 4.79 Å². The van der Waals surface area contributed by atoms with Crippen LogP contribution in [0.3, 0.4) is 0 Å². The zero-order chi connectivity index (χ0) is 17.6. The van der Waals surface area contributed by atoms with Gasteiger partial charge in [0.05, 0.1) is 6.42 Å². The number of aryl methyl sites for hydroxylation is 1. The van der Waals surface area contributed by atoms with E-state index < -0.39 is 6.04 Å². The summed E-state index contributed by atoms with van der Waals surface area (Å²) in [7, 11) is 0. The zero-order valence-corrected chi connectivity index (χ0v) is 13.8. The number of benzene rings is 2. The lowest BCUT2D eigenvalue weighted by molar-refractivity contribution is -0.121. The minimum absolute atomic E-state index is 0.151. The van der Waals surface area contributed by atoms with Gasteiger partial charge < -0.3 is 9.73 Å². The van der Waals surface area contributed by atoms with Crippen molar-refractivity contribution in [2.24, 2.45) is 0 Å². The molecule has 6 heteroatoms.